The van der Waals surface area contributed by atoms with Crippen molar-refractivity contribution in [2.24, 2.45) is 11.3 Å². The third kappa shape index (κ3) is 3.10. The van der Waals surface area contributed by atoms with Crippen LogP contribution in [-0.4, -0.2) is 46.6 Å². The number of phenols is 1. The van der Waals surface area contributed by atoms with Gasteiger partial charge in [0.25, 0.3) is 0 Å². The highest BCUT2D eigenvalue weighted by Crippen LogP contribution is 2.62. The Hall–Kier alpha value is -2.12. The van der Waals surface area contributed by atoms with E-state index in [4.69, 9.17) is 9.47 Å². The first-order chi connectivity index (χ1) is 13.9. The van der Waals surface area contributed by atoms with Crippen LogP contribution in [0.4, 0.5) is 0 Å². The van der Waals surface area contributed by atoms with E-state index in [2.05, 4.69) is 0 Å². The average molecular weight is 421 g/mol. The number of aromatic hydroxyl groups is 1. The monoisotopic (exact) mass is 420 g/mol. The van der Waals surface area contributed by atoms with Crippen molar-refractivity contribution in [3.05, 3.63) is 28.8 Å². The standard InChI is InChI=1S/C23H32O7/c1-11(2)13-9-14-17(15(25)10-13)23(5)16(26)7-8-22(4,21(28)29-6)20(23)19(18(14)27)30-12(3)24/h9-11,16,18-20,25-27H,7-8H2,1-6H3/t16-,18-,19-,20-,22+,23+/m0/s1. The molecule has 0 amide bonds. The SMILES string of the molecule is COC(=O)[C@]1(C)CC[C@H](O)[C@]2(C)c3c(O)cc(C(C)C)cc3[C@H](O)[C@H](OC(C)=O)[C@H]21. The van der Waals surface area contributed by atoms with E-state index >= 15 is 0 Å². The Bertz CT molecular complexity index is 863. The zero-order valence-corrected chi connectivity index (χ0v) is 18.4. The van der Waals surface area contributed by atoms with Gasteiger partial charge in [0.1, 0.15) is 18.0 Å². The number of aliphatic hydroxyl groups is 2. The van der Waals surface area contributed by atoms with Crippen LogP contribution in [0.5, 0.6) is 5.75 Å². The summed E-state index contributed by atoms with van der Waals surface area (Å²) in [4.78, 5) is 24.8. The van der Waals surface area contributed by atoms with Gasteiger partial charge in [-0.05, 0) is 42.9 Å². The molecule has 1 aromatic rings. The fraction of sp³-hybridized carbons (Fsp3) is 0.652. The highest BCUT2D eigenvalue weighted by Gasteiger charge is 2.66. The molecular formula is C23H32O7. The number of esters is 2. The molecule has 6 atom stereocenters. The second kappa shape index (κ2) is 7.54. The molecule has 0 aromatic heterocycles. The number of phenolic OH excluding ortho intramolecular Hbond substituents is 1. The summed E-state index contributed by atoms with van der Waals surface area (Å²) in [6, 6.07) is 3.43. The van der Waals surface area contributed by atoms with Gasteiger partial charge >= 0.3 is 11.9 Å². The van der Waals surface area contributed by atoms with Crippen LogP contribution in [0.25, 0.3) is 0 Å². The van der Waals surface area contributed by atoms with Crippen LogP contribution in [0, 0.1) is 11.3 Å². The number of hydrogen-bond acceptors (Lipinski definition) is 7. The topological polar surface area (TPSA) is 113 Å². The fourth-order valence-corrected chi connectivity index (χ4v) is 5.76. The number of carbonyl (C=O) groups excluding carboxylic acids is 2. The minimum absolute atomic E-state index is 0.0443. The second-order valence-corrected chi connectivity index (χ2v) is 9.40. The minimum Gasteiger partial charge on any atom is -0.508 e. The van der Waals surface area contributed by atoms with Crippen molar-refractivity contribution >= 4 is 11.9 Å². The Balaban J connectivity index is 2.35. The summed E-state index contributed by atoms with van der Waals surface area (Å²) in [5.41, 5.74) is -0.651. The quantitative estimate of drug-likeness (QED) is 0.644. The molecule has 1 fully saturated rings. The molecule has 0 unspecified atom stereocenters. The lowest BCUT2D eigenvalue weighted by molar-refractivity contribution is -0.199. The number of benzene rings is 1. The van der Waals surface area contributed by atoms with E-state index in [1.54, 1.807) is 26.0 Å². The molecule has 2 aliphatic rings. The van der Waals surface area contributed by atoms with Gasteiger partial charge in [-0.3, -0.25) is 9.59 Å². The maximum atomic E-state index is 12.9. The normalized spacial score (nSPS) is 35.4. The Labute approximate surface area is 177 Å². The van der Waals surface area contributed by atoms with Gasteiger partial charge in [-0.25, -0.2) is 0 Å². The molecule has 0 heterocycles. The smallest absolute Gasteiger partial charge is 0.311 e. The van der Waals surface area contributed by atoms with Gasteiger partial charge < -0.3 is 24.8 Å². The number of methoxy groups -OCH3 is 1. The number of fused-ring (bicyclic) bond motifs is 3. The zero-order valence-electron chi connectivity index (χ0n) is 18.4. The first-order valence-electron chi connectivity index (χ1n) is 10.4. The molecule has 0 radical (unpaired) electrons. The number of hydrogen-bond donors (Lipinski definition) is 3. The first kappa shape index (κ1) is 22.6. The lowest BCUT2D eigenvalue weighted by Crippen LogP contribution is -2.64. The van der Waals surface area contributed by atoms with Gasteiger partial charge in [-0.2, -0.15) is 0 Å². The van der Waals surface area contributed by atoms with Gasteiger partial charge in [0.05, 0.1) is 18.6 Å². The van der Waals surface area contributed by atoms with Crippen LogP contribution >= 0.6 is 0 Å². The first-order valence-corrected chi connectivity index (χ1v) is 10.4. The third-order valence-corrected chi connectivity index (χ3v) is 7.25. The summed E-state index contributed by atoms with van der Waals surface area (Å²) in [7, 11) is 1.29. The third-order valence-electron chi connectivity index (χ3n) is 7.25. The van der Waals surface area contributed by atoms with E-state index in [0.717, 1.165) is 5.56 Å². The van der Waals surface area contributed by atoms with Crippen LogP contribution < -0.4 is 0 Å². The van der Waals surface area contributed by atoms with Crippen molar-refractivity contribution in [2.45, 2.75) is 77.1 Å². The number of carbonyl (C=O) groups is 2. The Morgan fingerprint density at radius 2 is 1.83 bits per heavy atom. The maximum Gasteiger partial charge on any atom is 0.311 e. The van der Waals surface area contributed by atoms with Crippen molar-refractivity contribution in [3.8, 4) is 5.75 Å². The summed E-state index contributed by atoms with van der Waals surface area (Å²) in [5, 5.41) is 33.5. The molecule has 1 aromatic carbocycles. The molecule has 30 heavy (non-hydrogen) atoms. The van der Waals surface area contributed by atoms with E-state index in [-0.39, 0.29) is 11.7 Å². The Kier molecular flexibility index (Phi) is 5.67. The maximum absolute atomic E-state index is 12.9. The van der Waals surface area contributed by atoms with Crippen molar-refractivity contribution in [1.82, 2.24) is 0 Å². The fourth-order valence-electron chi connectivity index (χ4n) is 5.76. The number of rotatable bonds is 3. The van der Waals surface area contributed by atoms with Gasteiger partial charge in [0.2, 0.25) is 0 Å². The summed E-state index contributed by atoms with van der Waals surface area (Å²) < 4.78 is 10.7. The molecule has 166 valence electrons. The second-order valence-electron chi connectivity index (χ2n) is 9.40. The minimum atomic E-state index is -1.26. The molecule has 0 bridgehead atoms. The molecular weight excluding hydrogens is 388 g/mol. The van der Waals surface area contributed by atoms with Crippen molar-refractivity contribution in [2.75, 3.05) is 7.11 Å². The van der Waals surface area contributed by atoms with Crippen LogP contribution in [0.3, 0.4) is 0 Å². The van der Waals surface area contributed by atoms with Gasteiger partial charge in [0, 0.05) is 23.8 Å². The number of aliphatic hydroxyl groups excluding tert-OH is 2. The molecule has 7 heteroatoms. The summed E-state index contributed by atoms with van der Waals surface area (Å²) in [5.74, 6) is -1.86. The molecule has 1 saturated carbocycles. The lowest BCUT2D eigenvalue weighted by atomic mass is 9.47. The molecule has 3 rings (SSSR count). The summed E-state index contributed by atoms with van der Waals surface area (Å²) in [6.07, 6.45) is -2.67. The van der Waals surface area contributed by atoms with Gasteiger partial charge in [0.15, 0.2) is 0 Å². The highest BCUT2D eigenvalue weighted by atomic mass is 16.6. The molecule has 0 spiro atoms. The summed E-state index contributed by atoms with van der Waals surface area (Å²) in [6.45, 7) is 8.65. The molecule has 7 nitrogen and oxygen atoms in total. The van der Waals surface area contributed by atoms with Gasteiger partial charge in [-0.1, -0.05) is 26.8 Å². The van der Waals surface area contributed by atoms with Crippen LogP contribution in [0.1, 0.15) is 76.2 Å². The van der Waals surface area contributed by atoms with E-state index in [9.17, 15) is 24.9 Å². The summed E-state index contributed by atoms with van der Waals surface area (Å²) >= 11 is 0. The van der Waals surface area contributed by atoms with Crippen molar-refractivity contribution in [3.63, 3.8) is 0 Å². The molecule has 2 aliphatic carbocycles. The van der Waals surface area contributed by atoms with E-state index < -0.39 is 47.0 Å². The van der Waals surface area contributed by atoms with Crippen molar-refractivity contribution in [1.29, 1.82) is 0 Å². The average Bonchev–Trinajstić information content (AvgIpc) is 2.67. The van der Waals surface area contributed by atoms with Crippen LogP contribution in [0.2, 0.25) is 0 Å². The van der Waals surface area contributed by atoms with E-state index in [1.165, 1.54) is 14.0 Å². The van der Waals surface area contributed by atoms with Crippen LogP contribution in [-0.2, 0) is 24.5 Å². The lowest BCUT2D eigenvalue weighted by Gasteiger charge is -2.59. The van der Waals surface area contributed by atoms with E-state index in [1.807, 2.05) is 13.8 Å². The van der Waals surface area contributed by atoms with Gasteiger partial charge in [-0.15, -0.1) is 0 Å². The van der Waals surface area contributed by atoms with Crippen LogP contribution in [0.15, 0.2) is 12.1 Å². The highest BCUT2D eigenvalue weighted by molar-refractivity contribution is 5.78. The number of ether oxygens (including phenoxy) is 2. The Morgan fingerprint density at radius 1 is 1.20 bits per heavy atom. The van der Waals surface area contributed by atoms with Crippen molar-refractivity contribution < 1.29 is 34.4 Å². The zero-order chi connectivity index (χ0) is 22.6. The molecule has 3 N–H and O–H groups in total. The predicted octanol–water partition coefficient (Wildman–Crippen LogP) is 2.70. The largest absolute Gasteiger partial charge is 0.508 e. The Morgan fingerprint density at radius 3 is 2.37 bits per heavy atom. The molecule has 0 aliphatic heterocycles. The predicted molar refractivity (Wildman–Crippen MR) is 109 cm³/mol. The molecule has 0 saturated heterocycles. The van der Waals surface area contributed by atoms with E-state index in [0.29, 0.717) is 24.0 Å².